The molecule has 4 heavy (non-hydrogen) atoms. The minimum absolute atomic E-state index is 0. The molecule has 0 rings (SSSR count). The molecule has 0 nitrogen and oxygen atoms in total. The molecule has 0 unspecified atom stereocenters. The molecule has 0 N–H and O–H groups in total. The van der Waals surface area contributed by atoms with Gasteiger partial charge in [-0.05, 0) is 0 Å². The molecule has 0 aliphatic heterocycles. The first-order chi connectivity index (χ1) is 0. The van der Waals surface area contributed by atoms with Crippen molar-refractivity contribution in [2.24, 2.45) is 0 Å². The molecule has 0 aromatic heterocycles. The van der Waals surface area contributed by atoms with Crippen LogP contribution in [0, 0.1) is 0 Å². The van der Waals surface area contributed by atoms with E-state index >= 15 is 0 Å². The Morgan fingerprint density at radius 3 is 1.00 bits per heavy atom. The summed E-state index contributed by atoms with van der Waals surface area (Å²) < 4.78 is 0. The SMILES string of the molecule is [Ag].[H-].[H-].[H-].[H-].[H-].[Li+].[Mg+2].[Mg+2]. The minimum atomic E-state index is 0. The van der Waals surface area contributed by atoms with Crippen molar-refractivity contribution in [1.29, 1.82) is 0 Å². The largest absolute Gasteiger partial charge is 2.00 e. The van der Waals surface area contributed by atoms with Crippen LogP contribution in [-0.4, -0.2) is 46.1 Å². The summed E-state index contributed by atoms with van der Waals surface area (Å²) in [4.78, 5) is 0. The maximum absolute atomic E-state index is 0. The van der Waals surface area contributed by atoms with Gasteiger partial charge in [0.1, 0.15) is 0 Å². The van der Waals surface area contributed by atoms with Gasteiger partial charge in [-0.3, -0.25) is 0 Å². The van der Waals surface area contributed by atoms with Gasteiger partial charge in [0, 0.05) is 22.4 Å². The van der Waals surface area contributed by atoms with Gasteiger partial charge in [-0.1, -0.05) is 0 Å². The van der Waals surface area contributed by atoms with E-state index in [9.17, 15) is 0 Å². The summed E-state index contributed by atoms with van der Waals surface area (Å²) in [5, 5.41) is 0. The van der Waals surface area contributed by atoms with Crippen molar-refractivity contribution in [2.75, 3.05) is 0 Å². The first-order valence-corrected chi connectivity index (χ1v) is 0. The molecule has 4 heteroatoms. The van der Waals surface area contributed by atoms with Gasteiger partial charge in [0.05, 0.1) is 0 Å². The quantitative estimate of drug-likeness (QED) is 0.334. The van der Waals surface area contributed by atoms with Crippen molar-refractivity contribution in [3.63, 3.8) is 0 Å². The zero-order chi connectivity index (χ0) is 0. The molecule has 0 heterocycles. The van der Waals surface area contributed by atoms with E-state index in [1.54, 1.807) is 0 Å². The van der Waals surface area contributed by atoms with E-state index in [-0.39, 0.29) is 94.5 Å². The molecule has 0 aliphatic rings. The van der Waals surface area contributed by atoms with Crippen LogP contribution in [0.4, 0.5) is 0 Å². The van der Waals surface area contributed by atoms with Crippen molar-refractivity contribution in [3.8, 4) is 0 Å². The summed E-state index contributed by atoms with van der Waals surface area (Å²) in [7, 11) is 0. The van der Waals surface area contributed by atoms with Gasteiger partial charge in [0.2, 0.25) is 0 Å². The molecule has 0 fully saturated rings. The fraction of sp³-hybridized carbons (Fsp3) is 0. The summed E-state index contributed by atoms with van der Waals surface area (Å²) in [6, 6.07) is 0. The van der Waals surface area contributed by atoms with Crippen LogP contribution in [0.2, 0.25) is 0 Å². The third-order valence-corrected chi connectivity index (χ3v) is 0. The Kier molecular flexibility index (Phi) is 121. The zero-order valence-corrected chi connectivity index (χ0v) is 7.03. The fourth-order valence-electron chi connectivity index (χ4n) is 0. The van der Waals surface area contributed by atoms with Gasteiger partial charge in [-0.25, -0.2) is 0 Å². The second-order valence-corrected chi connectivity index (χ2v) is 0. The molecule has 0 spiro atoms. The smallest absolute Gasteiger partial charge is 1.00 e. The molecular weight excluding hydrogens is 163 g/mol. The third kappa shape index (κ3) is 8.85. The summed E-state index contributed by atoms with van der Waals surface area (Å²) in [5.74, 6) is 0. The average molecular weight is 168 g/mol. The second kappa shape index (κ2) is 16.9. The third-order valence-electron chi connectivity index (χ3n) is 0. The van der Waals surface area contributed by atoms with Gasteiger partial charge in [0.25, 0.3) is 0 Å². The van der Waals surface area contributed by atoms with Gasteiger partial charge < -0.3 is 7.13 Å². The van der Waals surface area contributed by atoms with Gasteiger partial charge >= 0.3 is 65.0 Å². The Labute approximate surface area is 93.3 Å². The molecule has 0 amide bonds. The van der Waals surface area contributed by atoms with Crippen LogP contribution in [0.3, 0.4) is 0 Å². The molecular formula is H5AgLiMg2. The van der Waals surface area contributed by atoms with E-state index in [0.717, 1.165) is 0 Å². The molecule has 0 aromatic rings. The normalized spacial score (nSPS) is 0. The van der Waals surface area contributed by atoms with Crippen molar-refractivity contribution < 1.29 is 48.4 Å². The molecule has 1 radical (unpaired) electrons. The first-order valence-electron chi connectivity index (χ1n) is 0. The van der Waals surface area contributed by atoms with Crippen LogP contribution in [0.1, 0.15) is 7.13 Å². The Morgan fingerprint density at radius 2 is 1.00 bits per heavy atom. The van der Waals surface area contributed by atoms with E-state index in [4.69, 9.17) is 0 Å². The number of rotatable bonds is 0. The molecule has 0 saturated carbocycles. The van der Waals surface area contributed by atoms with Crippen LogP contribution in [0.15, 0.2) is 0 Å². The van der Waals surface area contributed by atoms with Crippen LogP contribution in [0.5, 0.6) is 0 Å². The Bertz CT molecular complexity index is 14.9. The molecule has 0 aromatic carbocycles. The Hall–Kier alpha value is 2.87. The molecule has 21 valence electrons. The second-order valence-electron chi connectivity index (χ2n) is 0. The van der Waals surface area contributed by atoms with Crippen molar-refractivity contribution >= 4 is 46.1 Å². The van der Waals surface area contributed by atoms with E-state index in [2.05, 4.69) is 0 Å². The molecule has 0 bridgehead atoms. The van der Waals surface area contributed by atoms with E-state index < -0.39 is 0 Å². The van der Waals surface area contributed by atoms with Crippen LogP contribution < -0.4 is 18.9 Å². The number of hydrogen-bond donors (Lipinski definition) is 0. The van der Waals surface area contributed by atoms with Gasteiger partial charge in [-0.15, -0.1) is 0 Å². The zero-order valence-electron chi connectivity index (χ0n) is 7.72. The molecule has 0 aliphatic carbocycles. The Morgan fingerprint density at radius 1 is 1.00 bits per heavy atom. The van der Waals surface area contributed by atoms with Crippen molar-refractivity contribution in [1.82, 2.24) is 0 Å². The topological polar surface area (TPSA) is 0 Å². The standard InChI is InChI=1S/Ag.Li.2Mg.5H/q;+1;2*+2;5*-1. The molecule has 0 atom stereocenters. The average Bonchev–Trinajstić information content (AvgIpc) is 0. The van der Waals surface area contributed by atoms with Crippen molar-refractivity contribution in [2.45, 2.75) is 0 Å². The van der Waals surface area contributed by atoms with E-state index in [1.165, 1.54) is 0 Å². The van der Waals surface area contributed by atoms with Crippen LogP contribution >= 0.6 is 0 Å². The van der Waals surface area contributed by atoms with E-state index in [1.807, 2.05) is 0 Å². The molecule has 0 saturated heterocycles. The summed E-state index contributed by atoms with van der Waals surface area (Å²) in [5.41, 5.74) is 0. The van der Waals surface area contributed by atoms with Crippen LogP contribution in [-0.2, 0) is 22.4 Å². The van der Waals surface area contributed by atoms with Gasteiger partial charge in [0.15, 0.2) is 0 Å². The Balaban J connectivity index is 0. The first kappa shape index (κ1) is 28.7. The predicted molar refractivity (Wildman–Crippen MR) is 17.1 cm³/mol. The minimum Gasteiger partial charge on any atom is -1.00 e. The summed E-state index contributed by atoms with van der Waals surface area (Å²) in [6.07, 6.45) is 0. The van der Waals surface area contributed by atoms with E-state index in [0.29, 0.717) is 0 Å². The predicted octanol–water partition coefficient (Wildman–Crippen LogP) is -3.20. The van der Waals surface area contributed by atoms with Crippen molar-refractivity contribution in [3.05, 3.63) is 0 Å². The number of hydrogen-bond acceptors (Lipinski definition) is 0. The van der Waals surface area contributed by atoms with Gasteiger partial charge in [-0.2, -0.15) is 0 Å². The summed E-state index contributed by atoms with van der Waals surface area (Å²) >= 11 is 0. The summed E-state index contributed by atoms with van der Waals surface area (Å²) in [6.45, 7) is 0. The maximum Gasteiger partial charge on any atom is 2.00 e. The fourth-order valence-corrected chi connectivity index (χ4v) is 0. The maximum atomic E-state index is 0. The van der Waals surface area contributed by atoms with Crippen LogP contribution in [0.25, 0.3) is 0 Å². The monoisotopic (exact) mass is 167 g/mol.